The lowest BCUT2D eigenvalue weighted by Gasteiger charge is -2.34. The number of benzene rings is 3. The van der Waals surface area contributed by atoms with Crippen LogP contribution < -0.4 is 9.64 Å². The fraction of sp³-hybridized carbons (Fsp3) is 0.321. The van der Waals surface area contributed by atoms with Gasteiger partial charge in [-0.3, -0.25) is 4.79 Å². The monoisotopic (exact) mass is 605 g/mol. The first-order chi connectivity index (χ1) is 18.6. The molecule has 1 aliphatic rings. The van der Waals surface area contributed by atoms with Crippen LogP contribution in [0.15, 0.2) is 66.7 Å². The van der Waals surface area contributed by atoms with Gasteiger partial charge in [0.15, 0.2) is 0 Å². The Balaban J connectivity index is 1.78. The number of carbonyl (C=O) groups is 1. The molecule has 214 valence electrons. The summed E-state index contributed by atoms with van der Waals surface area (Å²) in [6, 6.07) is 15.4. The zero-order valence-electron chi connectivity index (χ0n) is 20.9. The lowest BCUT2D eigenvalue weighted by molar-refractivity contribution is -0.376. The van der Waals surface area contributed by atoms with Gasteiger partial charge < -0.3 is 14.7 Å². The van der Waals surface area contributed by atoms with Crippen LogP contribution >= 0.6 is 23.2 Å². The van der Waals surface area contributed by atoms with E-state index in [4.69, 9.17) is 27.9 Å². The topological polar surface area (TPSA) is 49.8 Å². The number of hydrogen-bond acceptors (Lipinski definition) is 3. The minimum atomic E-state index is -6.04. The number of halogens is 8. The summed E-state index contributed by atoms with van der Waals surface area (Å²) in [6.07, 6.45) is -12.7. The number of ether oxygens (including phenoxy) is 1. The summed E-state index contributed by atoms with van der Waals surface area (Å²) in [5.41, 5.74) is -5.68. The maximum absolute atomic E-state index is 13.7. The van der Waals surface area contributed by atoms with E-state index in [9.17, 15) is 36.2 Å². The molecule has 1 aliphatic heterocycles. The van der Waals surface area contributed by atoms with E-state index in [2.05, 4.69) is 0 Å². The van der Waals surface area contributed by atoms with Crippen LogP contribution in [-0.4, -0.2) is 36.0 Å². The van der Waals surface area contributed by atoms with E-state index >= 15 is 0 Å². The highest BCUT2D eigenvalue weighted by Crippen LogP contribution is 2.51. The number of rotatable bonds is 5. The second kappa shape index (κ2) is 11.1. The smallest absolute Gasteiger partial charge is 0.430 e. The number of anilines is 1. The van der Waals surface area contributed by atoms with Gasteiger partial charge in [0.2, 0.25) is 5.91 Å². The molecule has 0 saturated carbocycles. The number of amides is 1. The van der Waals surface area contributed by atoms with Crippen molar-refractivity contribution in [2.75, 3.05) is 11.4 Å². The molecule has 1 N–H and O–H groups in total. The Morgan fingerprint density at radius 3 is 2.12 bits per heavy atom. The SMILES string of the molecule is CC(C(=O)N1CC(Oc2cc(Cl)cc(Cl)c2)CCc2cc(C(O)(C(F)(F)F)C(F)(F)F)ccc21)c1ccccc1. The summed E-state index contributed by atoms with van der Waals surface area (Å²) < 4.78 is 87.6. The Morgan fingerprint density at radius 2 is 1.55 bits per heavy atom. The summed E-state index contributed by atoms with van der Waals surface area (Å²) in [5.74, 6) is -0.863. The Labute approximate surface area is 236 Å². The molecule has 0 aliphatic carbocycles. The number of nitrogens with zero attached hydrogens (tertiary/aromatic N) is 1. The van der Waals surface area contributed by atoms with Gasteiger partial charge in [-0.05, 0) is 55.2 Å². The summed E-state index contributed by atoms with van der Waals surface area (Å²) >= 11 is 12.1. The summed E-state index contributed by atoms with van der Waals surface area (Å²) in [5, 5.41) is 10.5. The zero-order valence-corrected chi connectivity index (χ0v) is 22.4. The van der Waals surface area contributed by atoms with E-state index in [1.54, 1.807) is 37.3 Å². The largest absolute Gasteiger partial charge is 0.488 e. The number of fused-ring (bicyclic) bond motifs is 1. The third-order valence-corrected chi connectivity index (χ3v) is 7.24. The summed E-state index contributed by atoms with van der Waals surface area (Å²) in [6.45, 7) is 1.59. The molecular formula is C28H23Cl2F6NO3. The highest BCUT2D eigenvalue weighted by Gasteiger charge is 2.71. The molecule has 3 aromatic rings. The van der Waals surface area contributed by atoms with Gasteiger partial charge in [0.05, 0.1) is 12.5 Å². The van der Waals surface area contributed by atoms with E-state index in [1.807, 2.05) is 0 Å². The van der Waals surface area contributed by atoms with Crippen molar-refractivity contribution in [3.05, 3.63) is 93.5 Å². The molecule has 1 heterocycles. The second-order valence-electron chi connectivity index (χ2n) is 9.51. The maximum atomic E-state index is 13.7. The predicted octanol–water partition coefficient (Wildman–Crippen LogP) is 7.84. The van der Waals surface area contributed by atoms with Crippen LogP contribution in [0.2, 0.25) is 10.0 Å². The zero-order chi connectivity index (χ0) is 29.5. The minimum absolute atomic E-state index is 0.0215. The van der Waals surface area contributed by atoms with Crippen molar-refractivity contribution in [1.82, 2.24) is 0 Å². The van der Waals surface area contributed by atoms with Crippen LogP contribution in [0.5, 0.6) is 5.75 Å². The first-order valence-electron chi connectivity index (χ1n) is 12.1. The van der Waals surface area contributed by atoms with Gasteiger partial charge >= 0.3 is 12.4 Å². The highest BCUT2D eigenvalue weighted by atomic mass is 35.5. The standard InChI is InChI=1S/C28H23Cl2F6NO3/c1-16(17-5-3-2-4-6-17)25(38)37-15-22(40-23-13-20(29)12-21(30)14-23)9-7-18-11-19(8-10-24(18)37)26(39,27(31,32)33)28(34,35)36/h2-6,8,10-14,16,22,39H,7,9,15H2,1H3. The molecule has 0 saturated heterocycles. The van der Waals surface area contributed by atoms with E-state index in [0.717, 1.165) is 6.07 Å². The molecule has 2 unspecified atom stereocenters. The maximum Gasteiger partial charge on any atom is 0.430 e. The van der Waals surface area contributed by atoms with E-state index < -0.39 is 41.4 Å². The third kappa shape index (κ3) is 5.89. The number of alkyl halides is 6. The Bertz CT molecular complexity index is 1350. The number of carbonyl (C=O) groups excluding carboxylic acids is 1. The van der Waals surface area contributed by atoms with Crippen molar-refractivity contribution in [3.8, 4) is 5.75 Å². The van der Waals surface area contributed by atoms with Gasteiger partial charge in [-0.15, -0.1) is 0 Å². The van der Waals surface area contributed by atoms with Gasteiger partial charge in [-0.2, -0.15) is 26.3 Å². The Kier molecular flexibility index (Phi) is 8.36. The van der Waals surface area contributed by atoms with Crippen LogP contribution in [0.1, 0.15) is 36.0 Å². The second-order valence-corrected chi connectivity index (χ2v) is 10.4. The number of hydrogen-bond donors (Lipinski definition) is 1. The highest BCUT2D eigenvalue weighted by molar-refractivity contribution is 6.34. The van der Waals surface area contributed by atoms with Crippen LogP contribution in [0, 0.1) is 0 Å². The van der Waals surface area contributed by atoms with Crippen molar-refractivity contribution in [3.63, 3.8) is 0 Å². The molecule has 0 aromatic heterocycles. The molecule has 0 spiro atoms. The van der Waals surface area contributed by atoms with Crippen molar-refractivity contribution >= 4 is 34.8 Å². The number of aryl methyl sites for hydroxylation is 1. The fourth-order valence-electron chi connectivity index (χ4n) is 4.68. The molecule has 4 nitrogen and oxygen atoms in total. The molecule has 3 aromatic carbocycles. The predicted molar refractivity (Wildman–Crippen MR) is 139 cm³/mol. The van der Waals surface area contributed by atoms with Crippen molar-refractivity contribution in [2.24, 2.45) is 0 Å². The normalized spacial score (nSPS) is 17.1. The molecule has 40 heavy (non-hydrogen) atoms. The van der Waals surface area contributed by atoms with Gasteiger partial charge in [0.1, 0.15) is 11.9 Å². The van der Waals surface area contributed by atoms with Crippen LogP contribution in [-0.2, 0) is 16.8 Å². The van der Waals surface area contributed by atoms with Crippen LogP contribution in [0.4, 0.5) is 32.0 Å². The van der Waals surface area contributed by atoms with Gasteiger partial charge in [-0.1, -0.05) is 65.7 Å². The average molecular weight is 606 g/mol. The third-order valence-electron chi connectivity index (χ3n) is 6.81. The van der Waals surface area contributed by atoms with Crippen LogP contribution in [0.25, 0.3) is 0 Å². The van der Waals surface area contributed by atoms with E-state index in [1.165, 1.54) is 23.1 Å². The van der Waals surface area contributed by atoms with Gasteiger partial charge in [0.25, 0.3) is 5.60 Å². The van der Waals surface area contributed by atoms with Crippen LogP contribution in [0.3, 0.4) is 0 Å². The summed E-state index contributed by atoms with van der Waals surface area (Å²) in [7, 11) is 0. The van der Waals surface area contributed by atoms with E-state index in [-0.39, 0.29) is 46.4 Å². The number of aliphatic hydroxyl groups is 1. The molecule has 0 bridgehead atoms. The molecule has 0 radical (unpaired) electrons. The molecular weight excluding hydrogens is 583 g/mol. The lowest BCUT2D eigenvalue weighted by atomic mass is 9.89. The van der Waals surface area contributed by atoms with Gasteiger partial charge in [0, 0.05) is 21.3 Å². The average Bonchev–Trinajstić information content (AvgIpc) is 3.05. The molecule has 1 amide bonds. The molecule has 4 rings (SSSR count). The van der Waals surface area contributed by atoms with Gasteiger partial charge in [-0.25, -0.2) is 0 Å². The van der Waals surface area contributed by atoms with Crippen molar-refractivity contribution in [1.29, 1.82) is 0 Å². The fourth-order valence-corrected chi connectivity index (χ4v) is 5.19. The first-order valence-corrected chi connectivity index (χ1v) is 12.9. The molecule has 0 fully saturated rings. The Morgan fingerprint density at radius 1 is 0.950 bits per heavy atom. The summed E-state index contributed by atoms with van der Waals surface area (Å²) in [4.78, 5) is 15.0. The quantitative estimate of drug-likeness (QED) is 0.301. The molecule has 12 heteroatoms. The van der Waals surface area contributed by atoms with Crippen molar-refractivity contribution in [2.45, 2.75) is 49.7 Å². The lowest BCUT2D eigenvalue weighted by Crippen LogP contribution is -2.54. The first kappa shape index (κ1) is 30.0. The van der Waals surface area contributed by atoms with E-state index in [0.29, 0.717) is 17.7 Å². The molecule has 2 atom stereocenters. The Hall–Kier alpha value is -2.95. The minimum Gasteiger partial charge on any atom is -0.488 e. The van der Waals surface area contributed by atoms with Crippen molar-refractivity contribution < 1.29 is 41.0 Å².